The van der Waals surface area contributed by atoms with Crippen molar-refractivity contribution in [3.05, 3.63) is 63.4 Å². The number of aromatic amines is 1. The quantitative estimate of drug-likeness (QED) is 0.681. The first-order chi connectivity index (χ1) is 15.1. The zero-order valence-electron chi connectivity index (χ0n) is 17.2. The predicted molar refractivity (Wildman–Crippen MR) is 123 cm³/mol. The molecule has 8 heteroatoms. The highest BCUT2D eigenvalue weighted by Crippen LogP contribution is 2.30. The molecule has 0 saturated carbocycles. The maximum atomic E-state index is 13.0. The van der Waals surface area contributed by atoms with Gasteiger partial charge in [0.2, 0.25) is 5.95 Å². The fraction of sp³-hybridized carbons (Fsp3) is 0.348. The van der Waals surface area contributed by atoms with Crippen LogP contribution in [0.4, 0.5) is 11.6 Å². The number of H-pyrrole nitrogens is 1. The highest BCUT2D eigenvalue weighted by molar-refractivity contribution is 6.33. The molecule has 2 aliphatic heterocycles. The highest BCUT2D eigenvalue weighted by Gasteiger charge is 2.25. The topological polar surface area (TPSA) is 72.5 Å². The van der Waals surface area contributed by atoms with Crippen LogP contribution in [-0.2, 0) is 0 Å². The molecule has 31 heavy (non-hydrogen) atoms. The van der Waals surface area contributed by atoms with E-state index in [9.17, 15) is 9.59 Å². The van der Waals surface area contributed by atoms with Crippen molar-refractivity contribution in [1.29, 1.82) is 0 Å². The van der Waals surface area contributed by atoms with Gasteiger partial charge in [-0.1, -0.05) is 23.7 Å². The van der Waals surface area contributed by atoms with E-state index in [0.717, 1.165) is 18.8 Å². The summed E-state index contributed by atoms with van der Waals surface area (Å²) in [5.41, 5.74) is 2.14. The van der Waals surface area contributed by atoms with E-state index < -0.39 is 0 Å². The zero-order chi connectivity index (χ0) is 21.4. The number of carbonyl (C=O) groups excluding carboxylic acids is 1. The maximum Gasteiger partial charge on any atom is 0.260 e. The summed E-state index contributed by atoms with van der Waals surface area (Å²) in [6, 6.07) is 12.9. The number of amides is 1. The first kappa shape index (κ1) is 19.9. The Labute approximate surface area is 185 Å². The Bertz CT molecular complexity index is 1180. The minimum absolute atomic E-state index is 0.0190. The minimum atomic E-state index is -0.146. The van der Waals surface area contributed by atoms with Crippen molar-refractivity contribution >= 4 is 40.0 Å². The molecular formula is C23H24ClN5O2. The predicted octanol–water partition coefficient (Wildman–Crippen LogP) is 3.14. The number of benzene rings is 2. The lowest BCUT2D eigenvalue weighted by atomic mass is 10.1. The number of anilines is 2. The first-order valence-corrected chi connectivity index (χ1v) is 11.1. The molecule has 0 bridgehead atoms. The summed E-state index contributed by atoms with van der Waals surface area (Å²) in [5.74, 6) is 0.531. The molecule has 2 aromatic carbocycles. The summed E-state index contributed by atoms with van der Waals surface area (Å²) in [6.07, 6.45) is 2.36. The molecule has 5 rings (SSSR count). The van der Waals surface area contributed by atoms with Gasteiger partial charge in [-0.2, -0.15) is 0 Å². The summed E-state index contributed by atoms with van der Waals surface area (Å²) in [6.45, 7) is 4.35. The van der Waals surface area contributed by atoms with Crippen LogP contribution in [-0.4, -0.2) is 60.0 Å². The largest absolute Gasteiger partial charge is 0.370 e. The second-order valence-corrected chi connectivity index (χ2v) is 8.45. The third-order valence-corrected chi connectivity index (χ3v) is 6.41. The number of nitrogens with one attached hydrogen (secondary N) is 1. The number of piperazine rings is 1. The van der Waals surface area contributed by atoms with Gasteiger partial charge < -0.3 is 14.7 Å². The Morgan fingerprint density at radius 1 is 0.935 bits per heavy atom. The molecule has 0 radical (unpaired) electrons. The van der Waals surface area contributed by atoms with Gasteiger partial charge in [0.05, 0.1) is 21.6 Å². The average molecular weight is 438 g/mol. The summed E-state index contributed by atoms with van der Waals surface area (Å²) >= 11 is 6.50. The molecule has 2 saturated heterocycles. The Morgan fingerprint density at radius 2 is 1.68 bits per heavy atom. The van der Waals surface area contributed by atoms with Crippen LogP contribution in [0.25, 0.3) is 10.9 Å². The van der Waals surface area contributed by atoms with Gasteiger partial charge in [-0.15, -0.1) is 0 Å². The zero-order valence-corrected chi connectivity index (χ0v) is 17.9. The van der Waals surface area contributed by atoms with Crippen molar-refractivity contribution < 1.29 is 4.79 Å². The van der Waals surface area contributed by atoms with Crippen molar-refractivity contribution in [2.75, 3.05) is 49.1 Å². The van der Waals surface area contributed by atoms with Gasteiger partial charge >= 0.3 is 0 Å². The van der Waals surface area contributed by atoms with Gasteiger partial charge in [0.1, 0.15) is 0 Å². The maximum absolute atomic E-state index is 13.0. The molecule has 0 aliphatic carbocycles. The van der Waals surface area contributed by atoms with Crippen LogP contribution in [0, 0.1) is 0 Å². The highest BCUT2D eigenvalue weighted by atomic mass is 35.5. The van der Waals surface area contributed by atoms with E-state index in [1.165, 1.54) is 12.8 Å². The molecule has 2 aliphatic rings. The monoisotopic (exact) mass is 437 g/mol. The smallest absolute Gasteiger partial charge is 0.260 e. The lowest BCUT2D eigenvalue weighted by Crippen LogP contribution is -2.49. The number of carbonyl (C=O) groups is 1. The fourth-order valence-electron chi connectivity index (χ4n) is 4.38. The van der Waals surface area contributed by atoms with Crippen molar-refractivity contribution in [2.24, 2.45) is 0 Å². The molecule has 3 heterocycles. The van der Waals surface area contributed by atoms with E-state index in [1.54, 1.807) is 12.1 Å². The van der Waals surface area contributed by atoms with Crippen LogP contribution in [0.1, 0.15) is 23.2 Å². The second kappa shape index (κ2) is 8.23. The van der Waals surface area contributed by atoms with Crippen LogP contribution in [0.3, 0.4) is 0 Å². The Balaban J connectivity index is 1.28. The SMILES string of the molecule is O=C(c1ccc(N2CCCC2)c(Cl)c1)N1CCN(c2nc3ccccc3c(=O)[nH]2)CC1. The number of hydrogen-bond donors (Lipinski definition) is 1. The molecule has 160 valence electrons. The molecule has 0 unspecified atom stereocenters. The van der Waals surface area contributed by atoms with Crippen LogP contribution in [0.2, 0.25) is 5.02 Å². The summed E-state index contributed by atoms with van der Waals surface area (Å²) in [4.78, 5) is 38.9. The van der Waals surface area contributed by atoms with E-state index in [-0.39, 0.29) is 11.5 Å². The molecule has 3 aromatic rings. The normalized spacial score (nSPS) is 16.9. The molecular weight excluding hydrogens is 414 g/mol. The number of aromatic nitrogens is 2. The lowest BCUT2D eigenvalue weighted by molar-refractivity contribution is 0.0746. The van der Waals surface area contributed by atoms with Gasteiger partial charge in [0.25, 0.3) is 11.5 Å². The van der Waals surface area contributed by atoms with E-state index in [2.05, 4.69) is 14.9 Å². The summed E-state index contributed by atoms with van der Waals surface area (Å²) in [5, 5.41) is 1.21. The van der Waals surface area contributed by atoms with Crippen molar-refractivity contribution in [1.82, 2.24) is 14.9 Å². The first-order valence-electron chi connectivity index (χ1n) is 10.7. The van der Waals surface area contributed by atoms with Crippen molar-refractivity contribution in [3.63, 3.8) is 0 Å². The third kappa shape index (κ3) is 3.85. The van der Waals surface area contributed by atoms with Crippen molar-refractivity contribution in [3.8, 4) is 0 Å². The number of hydrogen-bond acceptors (Lipinski definition) is 5. The molecule has 1 aromatic heterocycles. The Hall–Kier alpha value is -3.06. The van der Waals surface area contributed by atoms with Crippen LogP contribution in [0.5, 0.6) is 0 Å². The van der Waals surface area contributed by atoms with Gasteiger partial charge in [-0.3, -0.25) is 14.6 Å². The number of halogens is 1. The summed E-state index contributed by atoms with van der Waals surface area (Å²) in [7, 11) is 0. The fourth-order valence-corrected chi connectivity index (χ4v) is 4.68. The lowest BCUT2D eigenvalue weighted by Gasteiger charge is -2.35. The van der Waals surface area contributed by atoms with Crippen LogP contribution in [0.15, 0.2) is 47.3 Å². The number of nitrogens with zero attached hydrogens (tertiary/aromatic N) is 4. The minimum Gasteiger partial charge on any atom is -0.370 e. The molecule has 2 fully saturated rings. The van der Waals surface area contributed by atoms with E-state index in [4.69, 9.17) is 11.6 Å². The second-order valence-electron chi connectivity index (χ2n) is 8.05. The van der Waals surface area contributed by atoms with Crippen LogP contribution < -0.4 is 15.4 Å². The van der Waals surface area contributed by atoms with E-state index in [1.807, 2.05) is 40.1 Å². The molecule has 1 N–H and O–H groups in total. The van der Waals surface area contributed by atoms with Gasteiger partial charge in [0.15, 0.2) is 0 Å². The molecule has 0 spiro atoms. The van der Waals surface area contributed by atoms with Crippen molar-refractivity contribution in [2.45, 2.75) is 12.8 Å². The summed E-state index contributed by atoms with van der Waals surface area (Å²) < 4.78 is 0. The van der Waals surface area contributed by atoms with E-state index >= 15 is 0 Å². The number of fused-ring (bicyclic) bond motifs is 1. The molecule has 1 amide bonds. The number of rotatable bonds is 3. The standard InChI is InChI=1S/C23H24ClN5O2/c24-18-15-16(7-8-20(18)27-9-3-4-10-27)22(31)28-11-13-29(14-12-28)23-25-19-6-2-1-5-17(19)21(30)26-23/h1-2,5-8,15H,3-4,9-14H2,(H,25,26,30). The molecule has 7 nitrogen and oxygen atoms in total. The number of para-hydroxylation sites is 1. The Morgan fingerprint density at radius 3 is 2.42 bits per heavy atom. The van der Waals surface area contributed by atoms with Gasteiger partial charge in [-0.05, 0) is 43.2 Å². The van der Waals surface area contributed by atoms with Crippen LogP contribution >= 0.6 is 11.6 Å². The third-order valence-electron chi connectivity index (χ3n) is 6.11. The average Bonchev–Trinajstić information content (AvgIpc) is 3.33. The molecule has 0 atom stereocenters. The van der Waals surface area contributed by atoms with Gasteiger partial charge in [-0.25, -0.2) is 4.98 Å². The Kier molecular flexibility index (Phi) is 5.28. The van der Waals surface area contributed by atoms with E-state index in [0.29, 0.717) is 53.6 Å². The van der Waals surface area contributed by atoms with Gasteiger partial charge in [0, 0.05) is 44.8 Å².